The maximum Gasteiger partial charge on any atom is 0.242 e. The van der Waals surface area contributed by atoms with E-state index in [2.05, 4.69) is 36.5 Å². The van der Waals surface area contributed by atoms with Crippen LogP contribution in [0.2, 0.25) is 0 Å². The standard InChI is InChI=1S/C18H32N4O/c1-6-18(2,3)14-7-9-15(10-8-14)21-17(23)16(19-4)13-11-20-22(5)12-13/h11-12,14-16,19H,6-10H2,1-5H3,(H,21,23). The second-order valence-corrected chi connectivity index (χ2v) is 7.57. The highest BCUT2D eigenvalue weighted by Crippen LogP contribution is 2.40. The summed E-state index contributed by atoms with van der Waals surface area (Å²) in [6.07, 6.45) is 9.46. The molecule has 0 aliphatic heterocycles. The zero-order chi connectivity index (χ0) is 17.0. The van der Waals surface area contributed by atoms with Gasteiger partial charge in [0, 0.05) is 24.8 Å². The smallest absolute Gasteiger partial charge is 0.242 e. The number of hydrogen-bond donors (Lipinski definition) is 2. The minimum atomic E-state index is -0.325. The highest BCUT2D eigenvalue weighted by atomic mass is 16.2. The highest BCUT2D eigenvalue weighted by Gasteiger charge is 2.33. The molecule has 1 aliphatic rings. The van der Waals surface area contributed by atoms with Gasteiger partial charge in [-0.15, -0.1) is 0 Å². The van der Waals surface area contributed by atoms with Crippen LogP contribution in [0.1, 0.15) is 64.5 Å². The summed E-state index contributed by atoms with van der Waals surface area (Å²) in [5.74, 6) is 0.831. The van der Waals surface area contributed by atoms with E-state index in [1.807, 2.05) is 20.3 Å². The first-order chi connectivity index (χ1) is 10.9. The average molecular weight is 320 g/mol. The van der Waals surface area contributed by atoms with E-state index in [0.29, 0.717) is 11.5 Å². The Morgan fingerprint density at radius 2 is 2.04 bits per heavy atom. The Morgan fingerprint density at radius 1 is 1.39 bits per heavy atom. The van der Waals surface area contributed by atoms with Crippen LogP contribution < -0.4 is 10.6 Å². The molecular weight excluding hydrogens is 288 g/mol. The lowest BCUT2D eigenvalue weighted by Crippen LogP contribution is -2.44. The van der Waals surface area contributed by atoms with Crippen molar-refractivity contribution >= 4 is 5.91 Å². The predicted octanol–water partition coefficient (Wildman–Crippen LogP) is 2.79. The Bertz CT molecular complexity index is 515. The van der Waals surface area contributed by atoms with Gasteiger partial charge in [0.2, 0.25) is 5.91 Å². The summed E-state index contributed by atoms with van der Waals surface area (Å²) in [5, 5.41) is 10.5. The fraction of sp³-hybridized carbons (Fsp3) is 0.778. The van der Waals surface area contributed by atoms with Crippen LogP contribution in [0, 0.1) is 11.3 Å². The summed E-state index contributed by atoms with van der Waals surface area (Å²) >= 11 is 0. The molecule has 1 fully saturated rings. The van der Waals surface area contributed by atoms with Crippen molar-refractivity contribution in [2.75, 3.05) is 7.05 Å². The van der Waals surface area contributed by atoms with E-state index < -0.39 is 0 Å². The van der Waals surface area contributed by atoms with E-state index in [1.165, 1.54) is 19.3 Å². The molecule has 1 amide bonds. The van der Waals surface area contributed by atoms with Gasteiger partial charge in [-0.25, -0.2) is 0 Å². The highest BCUT2D eigenvalue weighted by molar-refractivity contribution is 5.83. The van der Waals surface area contributed by atoms with Crippen LogP contribution in [0.25, 0.3) is 0 Å². The minimum Gasteiger partial charge on any atom is -0.352 e. The van der Waals surface area contributed by atoms with Crippen LogP contribution in [0.5, 0.6) is 0 Å². The summed E-state index contributed by atoms with van der Waals surface area (Å²) in [6.45, 7) is 7.02. The first-order valence-corrected chi connectivity index (χ1v) is 8.83. The van der Waals surface area contributed by atoms with Crippen molar-refractivity contribution in [2.24, 2.45) is 18.4 Å². The quantitative estimate of drug-likeness (QED) is 0.847. The van der Waals surface area contributed by atoms with Crippen molar-refractivity contribution in [1.29, 1.82) is 0 Å². The Balaban J connectivity index is 1.89. The largest absolute Gasteiger partial charge is 0.352 e. The molecule has 0 radical (unpaired) electrons. The minimum absolute atomic E-state index is 0.0544. The number of nitrogens with one attached hydrogen (secondary N) is 2. The summed E-state index contributed by atoms with van der Waals surface area (Å²) < 4.78 is 1.73. The topological polar surface area (TPSA) is 59.0 Å². The van der Waals surface area contributed by atoms with Gasteiger partial charge in [0.25, 0.3) is 0 Å². The average Bonchev–Trinajstić information content (AvgIpc) is 2.95. The molecule has 1 heterocycles. The van der Waals surface area contributed by atoms with Crippen molar-refractivity contribution in [1.82, 2.24) is 20.4 Å². The number of carbonyl (C=O) groups is 1. The van der Waals surface area contributed by atoms with Crippen LogP contribution >= 0.6 is 0 Å². The van der Waals surface area contributed by atoms with Crippen molar-refractivity contribution in [3.05, 3.63) is 18.0 Å². The van der Waals surface area contributed by atoms with Crippen molar-refractivity contribution in [2.45, 2.75) is 65.0 Å². The molecule has 1 unspecified atom stereocenters. The zero-order valence-electron chi connectivity index (χ0n) is 15.2. The number of aryl methyl sites for hydroxylation is 1. The number of aromatic nitrogens is 2. The summed E-state index contributed by atoms with van der Waals surface area (Å²) in [7, 11) is 3.68. The molecule has 2 rings (SSSR count). The van der Waals surface area contributed by atoms with Gasteiger partial charge >= 0.3 is 0 Å². The molecule has 5 nitrogen and oxygen atoms in total. The first kappa shape index (κ1) is 18.0. The molecule has 1 saturated carbocycles. The molecule has 1 aromatic rings. The van der Waals surface area contributed by atoms with Crippen molar-refractivity contribution < 1.29 is 4.79 Å². The van der Waals surface area contributed by atoms with E-state index in [4.69, 9.17) is 0 Å². The lowest BCUT2D eigenvalue weighted by molar-refractivity contribution is -0.124. The molecule has 0 aromatic carbocycles. The van der Waals surface area contributed by atoms with E-state index in [0.717, 1.165) is 24.3 Å². The normalized spacial score (nSPS) is 23.5. The zero-order valence-corrected chi connectivity index (χ0v) is 15.2. The second-order valence-electron chi connectivity index (χ2n) is 7.57. The van der Waals surface area contributed by atoms with Crippen LogP contribution in [-0.2, 0) is 11.8 Å². The summed E-state index contributed by atoms with van der Waals surface area (Å²) in [6, 6.07) is -0.0209. The number of likely N-dealkylation sites (N-methyl/N-ethyl adjacent to an activating group) is 1. The molecule has 1 aliphatic carbocycles. The number of carbonyl (C=O) groups excluding carboxylic acids is 1. The van der Waals surface area contributed by atoms with E-state index >= 15 is 0 Å². The fourth-order valence-electron chi connectivity index (χ4n) is 3.63. The van der Waals surface area contributed by atoms with Crippen LogP contribution in [0.4, 0.5) is 0 Å². The van der Waals surface area contributed by atoms with Gasteiger partial charge in [-0.3, -0.25) is 9.48 Å². The summed E-state index contributed by atoms with van der Waals surface area (Å²) in [4.78, 5) is 12.6. The molecule has 0 bridgehead atoms. The van der Waals surface area contributed by atoms with E-state index in [1.54, 1.807) is 10.9 Å². The molecule has 1 atom stereocenters. The molecule has 2 N–H and O–H groups in total. The van der Waals surface area contributed by atoms with Crippen LogP contribution in [0.15, 0.2) is 12.4 Å². The Morgan fingerprint density at radius 3 is 2.52 bits per heavy atom. The molecule has 1 aromatic heterocycles. The molecule has 23 heavy (non-hydrogen) atoms. The van der Waals surface area contributed by atoms with E-state index in [-0.39, 0.29) is 11.9 Å². The van der Waals surface area contributed by atoms with Crippen LogP contribution in [-0.4, -0.2) is 28.8 Å². The monoisotopic (exact) mass is 320 g/mol. The SMILES string of the molecule is CCC(C)(C)C1CCC(NC(=O)C(NC)c2cnn(C)c2)CC1. The van der Waals surface area contributed by atoms with E-state index in [9.17, 15) is 4.79 Å². The maximum atomic E-state index is 12.6. The Kier molecular flexibility index (Phi) is 5.84. The second kappa shape index (κ2) is 7.47. The molecule has 0 spiro atoms. The molecule has 130 valence electrons. The van der Waals surface area contributed by atoms with Gasteiger partial charge in [0.05, 0.1) is 6.20 Å². The maximum absolute atomic E-state index is 12.6. The number of hydrogen-bond acceptors (Lipinski definition) is 3. The van der Waals surface area contributed by atoms with Gasteiger partial charge in [0.1, 0.15) is 6.04 Å². The van der Waals surface area contributed by atoms with Gasteiger partial charge in [-0.1, -0.05) is 27.2 Å². The van der Waals surface area contributed by atoms with Crippen LogP contribution in [0.3, 0.4) is 0 Å². The third-order valence-electron chi connectivity index (χ3n) is 5.70. The number of rotatable bonds is 6. The van der Waals surface area contributed by atoms with Crippen molar-refractivity contribution in [3.8, 4) is 0 Å². The van der Waals surface area contributed by atoms with Gasteiger partial charge < -0.3 is 10.6 Å². The molecule has 5 heteroatoms. The van der Waals surface area contributed by atoms with Crippen molar-refractivity contribution in [3.63, 3.8) is 0 Å². The number of nitrogens with zero attached hydrogens (tertiary/aromatic N) is 2. The summed E-state index contributed by atoms with van der Waals surface area (Å²) in [5.41, 5.74) is 1.33. The third-order valence-corrected chi connectivity index (χ3v) is 5.70. The van der Waals surface area contributed by atoms with Gasteiger partial charge in [-0.2, -0.15) is 5.10 Å². The predicted molar refractivity (Wildman–Crippen MR) is 93.0 cm³/mol. The Hall–Kier alpha value is -1.36. The Labute approximate surface area is 140 Å². The lowest BCUT2D eigenvalue weighted by Gasteiger charge is -2.39. The first-order valence-electron chi connectivity index (χ1n) is 8.83. The van der Waals surface area contributed by atoms with Gasteiger partial charge in [0.15, 0.2) is 0 Å². The molecule has 0 saturated heterocycles. The fourth-order valence-corrected chi connectivity index (χ4v) is 3.63. The lowest BCUT2D eigenvalue weighted by atomic mass is 9.69. The van der Waals surface area contributed by atoms with Gasteiger partial charge in [-0.05, 0) is 44.1 Å². The molecular formula is C18H32N4O. The number of amides is 1. The third kappa shape index (κ3) is 4.34.